The van der Waals surface area contributed by atoms with Gasteiger partial charge in [-0.1, -0.05) is 23.8 Å². The third-order valence-electron chi connectivity index (χ3n) is 3.62. The van der Waals surface area contributed by atoms with Gasteiger partial charge in [-0.3, -0.25) is 5.10 Å². The predicted octanol–water partition coefficient (Wildman–Crippen LogP) is 4.68. The molecule has 0 saturated carbocycles. The average Bonchev–Trinajstić information content (AvgIpc) is 3.07. The molecule has 0 aliphatic carbocycles. The molecule has 108 valence electrons. The highest BCUT2D eigenvalue weighted by atomic mass is 32.1. The van der Waals surface area contributed by atoms with Crippen molar-refractivity contribution in [2.24, 2.45) is 0 Å². The van der Waals surface area contributed by atoms with E-state index in [4.69, 9.17) is 0 Å². The van der Waals surface area contributed by atoms with Crippen LogP contribution in [0, 0.1) is 20.8 Å². The Morgan fingerprint density at radius 3 is 2.62 bits per heavy atom. The van der Waals surface area contributed by atoms with Crippen LogP contribution in [0.1, 0.15) is 22.3 Å². The second kappa shape index (κ2) is 5.74. The third kappa shape index (κ3) is 2.85. The van der Waals surface area contributed by atoms with E-state index < -0.39 is 0 Å². The van der Waals surface area contributed by atoms with Gasteiger partial charge in [-0.05, 0) is 43.3 Å². The van der Waals surface area contributed by atoms with Gasteiger partial charge in [0.1, 0.15) is 0 Å². The minimum Gasteiger partial charge on any atom is -0.380 e. The number of aromatic amines is 1. The Labute approximate surface area is 129 Å². The van der Waals surface area contributed by atoms with Crippen molar-refractivity contribution in [1.29, 1.82) is 0 Å². The van der Waals surface area contributed by atoms with E-state index >= 15 is 0 Å². The summed E-state index contributed by atoms with van der Waals surface area (Å²) in [5.41, 5.74) is 7.40. The molecule has 0 spiro atoms. The number of thiophene rings is 1. The molecule has 0 radical (unpaired) electrons. The fourth-order valence-electron chi connectivity index (χ4n) is 2.72. The molecule has 0 amide bonds. The second-order valence-corrected chi connectivity index (χ2v) is 6.32. The van der Waals surface area contributed by atoms with E-state index in [2.05, 4.69) is 65.9 Å². The molecule has 21 heavy (non-hydrogen) atoms. The van der Waals surface area contributed by atoms with Crippen molar-refractivity contribution in [2.75, 3.05) is 5.32 Å². The number of nitrogens with one attached hydrogen (secondary N) is 2. The third-order valence-corrected chi connectivity index (χ3v) is 4.51. The second-order valence-electron chi connectivity index (χ2n) is 5.37. The number of hydrogen-bond acceptors (Lipinski definition) is 3. The molecule has 2 heterocycles. The molecular formula is C17H19N3S. The van der Waals surface area contributed by atoms with Gasteiger partial charge < -0.3 is 5.32 Å². The van der Waals surface area contributed by atoms with E-state index in [1.807, 2.05) is 6.20 Å². The number of aryl methyl sites for hydroxylation is 3. The van der Waals surface area contributed by atoms with Crippen LogP contribution < -0.4 is 5.32 Å². The zero-order valence-electron chi connectivity index (χ0n) is 12.5. The highest BCUT2D eigenvalue weighted by molar-refractivity contribution is 7.13. The number of benzene rings is 1. The number of rotatable bonds is 4. The normalized spacial score (nSPS) is 10.8. The Morgan fingerprint density at radius 2 is 1.95 bits per heavy atom. The lowest BCUT2D eigenvalue weighted by molar-refractivity contribution is 1.10. The number of aromatic nitrogens is 2. The molecule has 2 N–H and O–H groups in total. The van der Waals surface area contributed by atoms with Crippen LogP contribution in [0.25, 0.3) is 10.6 Å². The minimum absolute atomic E-state index is 0.772. The molecule has 0 aliphatic heterocycles. The molecule has 0 unspecified atom stereocenters. The topological polar surface area (TPSA) is 40.7 Å². The standard InChI is InChI=1S/C17H19N3S/c1-11-7-12(2)16(13(3)8-11)18-9-14-10-19-20-17(14)15-5-4-6-21-15/h4-8,10,18H,9H2,1-3H3,(H,19,20). The molecule has 3 rings (SSSR count). The zero-order chi connectivity index (χ0) is 14.8. The minimum atomic E-state index is 0.772. The van der Waals surface area contributed by atoms with E-state index in [9.17, 15) is 0 Å². The maximum Gasteiger partial charge on any atom is 0.0799 e. The fourth-order valence-corrected chi connectivity index (χ4v) is 3.48. The molecule has 0 atom stereocenters. The first-order valence-corrected chi connectivity index (χ1v) is 7.91. The SMILES string of the molecule is Cc1cc(C)c(NCc2cn[nH]c2-c2cccs2)c(C)c1. The van der Waals surface area contributed by atoms with Gasteiger partial charge >= 0.3 is 0 Å². The van der Waals surface area contributed by atoms with E-state index in [-0.39, 0.29) is 0 Å². The Hall–Kier alpha value is -2.07. The molecule has 0 aliphatic rings. The first-order chi connectivity index (χ1) is 10.1. The summed E-state index contributed by atoms with van der Waals surface area (Å²) in [5.74, 6) is 0. The van der Waals surface area contributed by atoms with Gasteiger partial charge in [0.15, 0.2) is 0 Å². The van der Waals surface area contributed by atoms with Crippen LogP contribution in [0.15, 0.2) is 35.8 Å². The largest absolute Gasteiger partial charge is 0.380 e. The van der Waals surface area contributed by atoms with Gasteiger partial charge in [0, 0.05) is 17.8 Å². The van der Waals surface area contributed by atoms with Gasteiger partial charge in [0.2, 0.25) is 0 Å². The van der Waals surface area contributed by atoms with E-state index in [1.54, 1.807) is 11.3 Å². The summed E-state index contributed by atoms with van der Waals surface area (Å²) in [6.07, 6.45) is 1.90. The summed E-state index contributed by atoms with van der Waals surface area (Å²) in [7, 11) is 0. The van der Waals surface area contributed by atoms with Crippen LogP contribution >= 0.6 is 11.3 Å². The Morgan fingerprint density at radius 1 is 1.19 bits per heavy atom. The van der Waals surface area contributed by atoms with Crippen molar-refractivity contribution in [3.05, 3.63) is 58.1 Å². The molecule has 0 saturated heterocycles. The van der Waals surface area contributed by atoms with Crippen LogP contribution in [-0.2, 0) is 6.54 Å². The van der Waals surface area contributed by atoms with E-state index in [0.29, 0.717) is 0 Å². The summed E-state index contributed by atoms with van der Waals surface area (Å²) >= 11 is 1.73. The van der Waals surface area contributed by atoms with Gasteiger partial charge in [-0.2, -0.15) is 5.10 Å². The Kier molecular flexibility index (Phi) is 3.80. The summed E-state index contributed by atoms with van der Waals surface area (Å²) in [6, 6.07) is 8.60. The number of H-pyrrole nitrogens is 1. The van der Waals surface area contributed by atoms with Crippen molar-refractivity contribution in [3.8, 4) is 10.6 Å². The summed E-state index contributed by atoms with van der Waals surface area (Å²) < 4.78 is 0. The maximum atomic E-state index is 4.19. The van der Waals surface area contributed by atoms with Gasteiger partial charge in [-0.15, -0.1) is 11.3 Å². The Bertz CT molecular complexity index is 718. The quantitative estimate of drug-likeness (QED) is 0.734. The molecule has 3 aromatic rings. The zero-order valence-corrected chi connectivity index (χ0v) is 13.3. The summed E-state index contributed by atoms with van der Waals surface area (Å²) in [5, 5.41) is 12.9. The predicted molar refractivity (Wildman–Crippen MR) is 89.9 cm³/mol. The molecule has 0 fully saturated rings. The lowest BCUT2D eigenvalue weighted by atomic mass is 10.0. The Balaban J connectivity index is 1.82. The highest BCUT2D eigenvalue weighted by Crippen LogP contribution is 2.27. The molecule has 0 bridgehead atoms. The van der Waals surface area contributed by atoms with Crippen LogP contribution in [0.4, 0.5) is 5.69 Å². The molecular weight excluding hydrogens is 278 g/mol. The number of anilines is 1. The van der Waals surface area contributed by atoms with E-state index in [1.165, 1.54) is 32.8 Å². The van der Waals surface area contributed by atoms with Gasteiger partial charge in [0.25, 0.3) is 0 Å². The smallest absolute Gasteiger partial charge is 0.0799 e. The lowest BCUT2D eigenvalue weighted by Crippen LogP contribution is -2.03. The van der Waals surface area contributed by atoms with E-state index in [0.717, 1.165) is 12.2 Å². The van der Waals surface area contributed by atoms with Crippen molar-refractivity contribution in [1.82, 2.24) is 10.2 Å². The summed E-state index contributed by atoms with van der Waals surface area (Å²) in [4.78, 5) is 1.22. The lowest BCUT2D eigenvalue weighted by Gasteiger charge is -2.13. The molecule has 2 aromatic heterocycles. The average molecular weight is 297 g/mol. The molecule has 4 heteroatoms. The fraction of sp³-hybridized carbons (Fsp3) is 0.235. The van der Waals surface area contributed by atoms with Crippen LogP contribution in [0.3, 0.4) is 0 Å². The summed E-state index contributed by atoms with van der Waals surface area (Å²) in [6.45, 7) is 7.21. The van der Waals surface area contributed by atoms with Crippen molar-refractivity contribution in [2.45, 2.75) is 27.3 Å². The van der Waals surface area contributed by atoms with Gasteiger partial charge in [0.05, 0.1) is 16.8 Å². The number of nitrogens with zero attached hydrogens (tertiary/aromatic N) is 1. The van der Waals surface area contributed by atoms with Crippen molar-refractivity contribution in [3.63, 3.8) is 0 Å². The van der Waals surface area contributed by atoms with Gasteiger partial charge in [-0.25, -0.2) is 0 Å². The highest BCUT2D eigenvalue weighted by Gasteiger charge is 2.10. The van der Waals surface area contributed by atoms with Crippen LogP contribution in [0.2, 0.25) is 0 Å². The van der Waals surface area contributed by atoms with Crippen LogP contribution in [-0.4, -0.2) is 10.2 Å². The van der Waals surface area contributed by atoms with Crippen LogP contribution in [0.5, 0.6) is 0 Å². The molecule has 1 aromatic carbocycles. The first kappa shape index (κ1) is 13.9. The van der Waals surface area contributed by atoms with Crippen molar-refractivity contribution < 1.29 is 0 Å². The monoisotopic (exact) mass is 297 g/mol. The first-order valence-electron chi connectivity index (χ1n) is 7.03. The molecule has 3 nitrogen and oxygen atoms in total. The van der Waals surface area contributed by atoms with Crippen molar-refractivity contribution >= 4 is 17.0 Å². The maximum absolute atomic E-state index is 4.19. The number of hydrogen-bond donors (Lipinski definition) is 2.